The zero-order valence-corrected chi connectivity index (χ0v) is 10.5. The van der Waals surface area contributed by atoms with Gasteiger partial charge in [-0.05, 0) is 19.1 Å². The molecule has 2 rings (SSSR count). The number of nitrogens with one attached hydrogen (secondary N) is 1. The lowest BCUT2D eigenvalue weighted by molar-refractivity contribution is -0.122. The number of carbonyl (C=O) groups excluding carboxylic acids is 1. The first-order chi connectivity index (χ1) is 7.50. The highest BCUT2D eigenvalue weighted by molar-refractivity contribution is 6.44. The highest BCUT2D eigenvalue weighted by Crippen LogP contribution is 2.37. The molecular weight excluding hydrogens is 272 g/mol. The predicted octanol–water partition coefficient (Wildman–Crippen LogP) is 3.18. The van der Waals surface area contributed by atoms with Crippen molar-refractivity contribution in [3.05, 3.63) is 32.8 Å². The maximum atomic E-state index is 11.3. The SMILES string of the molecule is C[C@@H]1O[C@H](c2c(Cl)ccc(Cl)c2Cl)NC1=O. The Labute approximate surface area is 108 Å². The monoisotopic (exact) mass is 279 g/mol. The Morgan fingerprint density at radius 3 is 2.44 bits per heavy atom. The van der Waals surface area contributed by atoms with Gasteiger partial charge in [0.15, 0.2) is 6.23 Å². The molecular formula is C10H8Cl3NO2. The van der Waals surface area contributed by atoms with E-state index in [9.17, 15) is 4.79 Å². The number of benzene rings is 1. The maximum absolute atomic E-state index is 11.3. The van der Waals surface area contributed by atoms with E-state index in [-0.39, 0.29) is 5.91 Å². The summed E-state index contributed by atoms with van der Waals surface area (Å²) in [4.78, 5) is 11.3. The van der Waals surface area contributed by atoms with Gasteiger partial charge < -0.3 is 10.1 Å². The van der Waals surface area contributed by atoms with E-state index in [0.29, 0.717) is 20.6 Å². The van der Waals surface area contributed by atoms with Crippen LogP contribution in [0.3, 0.4) is 0 Å². The van der Waals surface area contributed by atoms with Gasteiger partial charge in [0.25, 0.3) is 5.91 Å². The molecule has 2 atom stereocenters. The van der Waals surface area contributed by atoms with Crippen LogP contribution >= 0.6 is 34.8 Å². The Bertz CT molecular complexity index is 450. The van der Waals surface area contributed by atoms with Gasteiger partial charge in [0.1, 0.15) is 6.10 Å². The first kappa shape index (κ1) is 12.0. The lowest BCUT2D eigenvalue weighted by Gasteiger charge is -2.14. The number of rotatable bonds is 1. The average Bonchev–Trinajstić information content (AvgIpc) is 2.54. The molecule has 1 aromatic carbocycles. The van der Waals surface area contributed by atoms with Crippen molar-refractivity contribution in [2.75, 3.05) is 0 Å². The maximum Gasteiger partial charge on any atom is 0.251 e. The Balaban J connectivity index is 2.41. The van der Waals surface area contributed by atoms with E-state index in [1.165, 1.54) is 0 Å². The van der Waals surface area contributed by atoms with Gasteiger partial charge in [-0.3, -0.25) is 4.79 Å². The molecule has 0 spiro atoms. The summed E-state index contributed by atoms with van der Waals surface area (Å²) in [6, 6.07) is 3.21. The summed E-state index contributed by atoms with van der Waals surface area (Å²) in [7, 11) is 0. The van der Waals surface area contributed by atoms with Crippen molar-refractivity contribution in [2.45, 2.75) is 19.3 Å². The van der Waals surface area contributed by atoms with Crippen molar-refractivity contribution in [1.29, 1.82) is 0 Å². The minimum atomic E-state index is -0.638. The first-order valence-electron chi connectivity index (χ1n) is 4.60. The Kier molecular flexibility index (Phi) is 3.31. The standard InChI is InChI=1S/C10H8Cl3NO2/c1-4-9(15)14-10(16-4)7-5(11)2-3-6(12)8(7)13/h2-4,10H,1H3,(H,14,15)/t4-,10+/m0/s1. The second-order valence-electron chi connectivity index (χ2n) is 3.42. The summed E-state index contributed by atoms with van der Waals surface area (Å²) < 4.78 is 5.39. The molecule has 16 heavy (non-hydrogen) atoms. The Morgan fingerprint density at radius 1 is 1.25 bits per heavy atom. The molecule has 1 amide bonds. The molecule has 0 aliphatic carbocycles. The predicted molar refractivity (Wildman–Crippen MR) is 62.9 cm³/mol. The van der Waals surface area contributed by atoms with Crippen molar-refractivity contribution in [2.24, 2.45) is 0 Å². The van der Waals surface area contributed by atoms with E-state index in [0.717, 1.165) is 0 Å². The van der Waals surface area contributed by atoms with E-state index in [2.05, 4.69) is 5.32 Å². The Hall–Kier alpha value is -0.480. The van der Waals surface area contributed by atoms with Crippen molar-refractivity contribution in [3.8, 4) is 0 Å². The van der Waals surface area contributed by atoms with Gasteiger partial charge in [-0.25, -0.2) is 0 Å². The van der Waals surface area contributed by atoms with Crippen molar-refractivity contribution in [3.63, 3.8) is 0 Å². The summed E-state index contributed by atoms with van der Waals surface area (Å²) in [5.41, 5.74) is 0.494. The highest BCUT2D eigenvalue weighted by Gasteiger charge is 2.33. The number of carbonyl (C=O) groups is 1. The van der Waals surface area contributed by atoms with E-state index < -0.39 is 12.3 Å². The summed E-state index contributed by atoms with van der Waals surface area (Å²) in [6.45, 7) is 1.65. The summed E-state index contributed by atoms with van der Waals surface area (Å²) in [6.07, 6.45) is -1.16. The number of hydrogen-bond donors (Lipinski definition) is 1. The normalized spacial score (nSPS) is 24.6. The molecule has 1 fully saturated rings. The van der Waals surface area contributed by atoms with E-state index in [4.69, 9.17) is 39.5 Å². The van der Waals surface area contributed by atoms with Crippen LogP contribution in [-0.2, 0) is 9.53 Å². The minimum absolute atomic E-state index is 0.197. The largest absolute Gasteiger partial charge is 0.341 e. The third-order valence-electron chi connectivity index (χ3n) is 2.32. The Morgan fingerprint density at radius 2 is 1.88 bits per heavy atom. The number of hydrogen-bond acceptors (Lipinski definition) is 2. The zero-order valence-electron chi connectivity index (χ0n) is 8.26. The summed E-state index contributed by atoms with van der Waals surface area (Å²) >= 11 is 17.9. The van der Waals surface area contributed by atoms with Gasteiger partial charge >= 0.3 is 0 Å². The van der Waals surface area contributed by atoms with Gasteiger partial charge in [0.2, 0.25) is 0 Å². The topological polar surface area (TPSA) is 38.3 Å². The van der Waals surface area contributed by atoms with E-state index in [1.54, 1.807) is 19.1 Å². The van der Waals surface area contributed by atoms with Crippen LogP contribution in [0.4, 0.5) is 0 Å². The van der Waals surface area contributed by atoms with Gasteiger partial charge in [-0.1, -0.05) is 34.8 Å². The van der Waals surface area contributed by atoms with Crippen LogP contribution < -0.4 is 5.32 Å². The van der Waals surface area contributed by atoms with Gasteiger partial charge in [-0.2, -0.15) is 0 Å². The fourth-order valence-corrected chi connectivity index (χ4v) is 2.20. The number of amides is 1. The summed E-state index contributed by atoms with van der Waals surface area (Å²) in [5, 5.41) is 3.72. The molecule has 1 aromatic rings. The molecule has 1 aliphatic heterocycles. The van der Waals surface area contributed by atoms with Crippen LogP contribution in [0, 0.1) is 0 Å². The molecule has 1 N–H and O–H groups in total. The number of halogens is 3. The van der Waals surface area contributed by atoms with E-state index in [1.807, 2.05) is 0 Å². The van der Waals surface area contributed by atoms with Crippen molar-refractivity contribution >= 4 is 40.7 Å². The zero-order chi connectivity index (χ0) is 11.9. The van der Waals surface area contributed by atoms with Crippen LogP contribution in [0.5, 0.6) is 0 Å². The molecule has 0 bridgehead atoms. The quantitative estimate of drug-likeness (QED) is 0.802. The fraction of sp³-hybridized carbons (Fsp3) is 0.300. The molecule has 0 saturated carbocycles. The van der Waals surface area contributed by atoms with Crippen LogP contribution in [0.25, 0.3) is 0 Å². The molecule has 6 heteroatoms. The van der Waals surface area contributed by atoms with Gasteiger partial charge in [0.05, 0.1) is 10.0 Å². The van der Waals surface area contributed by atoms with Crippen LogP contribution in [0.2, 0.25) is 15.1 Å². The molecule has 1 saturated heterocycles. The second kappa shape index (κ2) is 4.41. The molecule has 1 heterocycles. The summed E-state index contributed by atoms with van der Waals surface area (Å²) in [5.74, 6) is -0.197. The second-order valence-corrected chi connectivity index (χ2v) is 4.62. The van der Waals surface area contributed by atoms with Gasteiger partial charge in [0, 0.05) is 10.6 Å². The third kappa shape index (κ3) is 2.00. The van der Waals surface area contributed by atoms with Crippen LogP contribution in [0.15, 0.2) is 12.1 Å². The van der Waals surface area contributed by atoms with Crippen molar-refractivity contribution in [1.82, 2.24) is 5.32 Å². The molecule has 0 aromatic heterocycles. The molecule has 0 unspecified atom stereocenters. The first-order valence-corrected chi connectivity index (χ1v) is 5.73. The van der Waals surface area contributed by atoms with Gasteiger partial charge in [-0.15, -0.1) is 0 Å². The molecule has 3 nitrogen and oxygen atoms in total. The lowest BCUT2D eigenvalue weighted by atomic mass is 10.2. The molecule has 86 valence electrons. The lowest BCUT2D eigenvalue weighted by Crippen LogP contribution is -2.22. The van der Waals surface area contributed by atoms with Crippen LogP contribution in [-0.4, -0.2) is 12.0 Å². The highest BCUT2D eigenvalue weighted by atomic mass is 35.5. The van der Waals surface area contributed by atoms with Crippen LogP contribution in [0.1, 0.15) is 18.7 Å². The van der Waals surface area contributed by atoms with Crippen molar-refractivity contribution < 1.29 is 9.53 Å². The smallest absolute Gasteiger partial charge is 0.251 e. The number of ether oxygens (including phenoxy) is 1. The van der Waals surface area contributed by atoms with E-state index >= 15 is 0 Å². The minimum Gasteiger partial charge on any atom is -0.341 e. The fourth-order valence-electron chi connectivity index (χ4n) is 1.47. The molecule has 0 radical (unpaired) electrons. The molecule has 1 aliphatic rings. The average molecular weight is 281 g/mol. The third-order valence-corrected chi connectivity index (χ3v) is 3.47.